The molecule has 1 saturated carbocycles. The highest BCUT2D eigenvalue weighted by Gasteiger charge is 2.20. The lowest BCUT2D eigenvalue weighted by Gasteiger charge is -2.26. The van der Waals surface area contributed by atoms with Gasteiger partial charge < -0.3 is 5.32 Å². The Morgan fingerprint density at radius 3 is 2.56 bits per heavy atom. The van der Waals surface area contributed by atoms with Crippen LogP contribution in [0.15, 0.2) is 29.6 Å². The van der Waals surface area contributed by atoms with Crippen LogP contribution in [0.4, 0.5) is 0 Å². The third-order valence-electron chi connectivity index (χ3n) is 3.81. The van der Waals surface area contributed by atoms with E-state index in [0.717, 1.165) is 11.6 Å². The normalized spacial score (nSPS) is 17.4. The average Bonchev–Trinajstić information content (AvgIpc) is 2.84. The second-order valence-electron chi connectivity index (χ2n) is 4.85. The highest BCUT2D eigenvalue weighted by Crippen LogP contribution is 2.36. The Morgan fingerprint density at radius 2 is 2.06 bits per heavy atom. The van der Waals surface area contributed by atoms with Gasteiger partial charge in [-0.2, -0.15) is 0 Å². The minimum atomic E-state index is 0.152. The number of aromatic nitrogens is 2. The first-order valence-corrected chi connectivity index (χ1v) is 7.26. The summed E-state index contributed by atoms with van der Waals surface area (Å²) in [5.74, 6) is 0.799. The largest absolute Gasteiger partial charge is 0.308 e. The first-order chi connectivity index (χ1) is 8.88. The van der Waals surface area contributed by atoms with Crippen molar-refractivity contribution in [2.45, 2.75) is 31.2 Å². The van der Waals surface area contributed by atoms with Crippen molar-refractivity contribution in [1.82, 2.24) is 14.9 Å². The van der Waals surface area contributed by atoms with Crippen molar-refractivity contribution in [3.63, 3.8) is 0 Å². The zero-order chi connectivity index (χ0) is 12.4. The SMILES string of the molecule is CNC(c1ccc(C2CCC2)cc1)c1csnn1. The van der Waals surface area contributed by atoms with E-state index in [2.05, 4.69) is 39.2 Å². The molecule has 1 N–H and O–H groups in total. The Balaban J connectivity index is 1.82. The molecule has 18 heavy (non-hydrogen) atoms. The molecule has 3 nitrogen and oxygen atoms in total. The average molecular weight is 259 g/mol. The van der Waals surface area contributed by atoms with Gasteiger partial charge in [-0.25, -0.2) is 0 Å². The molecule has 0 radical (unpaired) electrons. The molecular weight excluding hydrogens is 242 g/mol. The summed E-state index contributed by atoms with van der Waals surface area (Å²) in [7, 11) is 1.96. The van der Waals surface area contributed by atoms with Crippen molar-refractivity contribution in [2.75, 3.05) is 7.05 Å². The van der Waals surface area contributed by atoms with Crippen LogP contribution < -0.4 is 5.32 Å². The quantitative estimate of drug-likeness (QED) is 0.916. The summed E-state index contributed by atoms with van der Waals surface area (Å²) in [6.45, 7) is 0. The Labute approximate surface area is 111 Å². The van der Waals surface area contributed by atoms with Gasteiger partial charge in [0.1, 0.15) is 0 Å². The molecule has 94 valence electrons. The molecule has 0 amide bonds. The zero-order valence-corrected chi connectivity index (χ0v) is 11.3. The number of hydrogen-bond donors (Lipinski definition) is 1. The fourth-order valence-electron chi connectivity index (χ4n) is 2.49. The van der Waals surface area contributed by atoms with Gasteiger partial charge in [-0.05, 0) is 48.5 Å². The van der Waals surface area contributed by atoms with Gasteiger partial charge >= 0.3 is 0 Å². The van der Waals surface area contributed by atoms with Crippen LogP contribution in [-0.4, -0.2) is 16.6 Å². The van der Waals surface area contributed by atoms with E-state index in [-0.39, 0.29) is 6.04 Å². The van der Waals surface area contributed by atoms with E-state index in [1.165, 1.54) is 41.9 Å². The lowest BCUT2D eigenvalue weighted by atomic mass is 9.80. The molecule has 1 aliphatic rings. The monoisotopic (exact) mass is 259 g/mol. The van der Waals surface area contributed by atoms with Crippen molar-refractivity contribution < 1.29 is 0 Å². The lowest BCUT2D eigenvalue weighted by molar-refractivity contribution is 0.419. The molecule has 0 saturated heterocycles. The van der Waals surface area contributed by atoms with E-state index in [0.29, 0.717) is 0 Å². The lowest BCUT2D eigenvalue weighted by Crippen LogP contribution is -2.18. The first-order valence-electron chi connectivity index (χ1n) is 6.42. The topological polar surface area (TPSA) is 37.8 Å². The van der Waals surface area contributed by atoms with E-state index in [1.54, 1.807) is 0 Å². The van der Waals surface area contributed by atoms with Crippen LogP contribution in [0.25, 0.3) is 0 Å². The van der Waals surface area contributed by atoms with Crippen molar-refractivity contribution >= 4 is 11.5 Å². The third-order valence-corrected chi connectivity index (χ3v) is 4.33. The van der Waals surface area contributed by atoms with E-state index < -0.39 is 0 Å². The van der Waals surface area contributed by atoms with Gasteiger partial charge in [0.05, 0.1) is 11.7 Å². The summed E-state index contributed by atoms with van der Waals surface area (Å²) in [5, 5.41) is 9.46. The molecule has 0 bridgehead atoms. The number of nitrogens with one attached hydrogen (secondary N) is 1. The first kappa shape index (κ1) is 11.8. The molecule has 0 spiro atoms. The number of benzene rings is 1. The van der Waals surface area contributed by atoms with Crippen LogP contribution in [0.3, 0.4) is 0 Å². The second-order valence-corrected chi connectivity index (χ2v) is 5.46. The molecule has 1 heterocycles. The zero-order valence-electron chi connectivity index (χ0n) is 10.5. The highest BCUT2D eigenvalue weighted by molar-refractivity contribution is 7.03. The number of rotatable bonds is 4. The molecular formula is C14H17N3S. The maximum absolute atomic E-state index is 4.15. The summed E-state index contributed by atoms with van der Waals surface area (Å²) < 4.78 is 3.94. The molecule has 1 aromatic heterocycles. The smallest absolute Gasteiger partial charge is 0.0970 e. The van der Waals surface area contributed by atoms with Crippen LogP contribution in [0.1, 0.15) is 48.0 Å². The van der Waals surface area contributed by atoms with Crippen molar-refractivity contribution in [3.8, 4) is 0 Å². The molecule has 4 heteroatoms. The third kappa shape index (κ3) is 2.18. The summed E-state index contributed by atoms with van der Waals surface area (Å²) in [6.07, 6.45) is 4.09. The van der Waals surface area contributed by atoms with Crippen molar-refractivity contribution in [2.24, 2.45) is 0 Å². The molecule has 0 aliphatic heterocycles. The summed E-state index contributed by atoms with van der Waals surface area (Å²) in [4.78, 5) is 0. The molecule has 1 unspecified atom stereocenters. The molecule has 1 aromatic carbocycles. The maximum Gasteiger partial charge on any atom is 0.0970 e. The predicted molar refractivity (Wildman–Crippen MR) is 73.8 cm³/mol. The molecule has 1 fully saturated rings. The maximum atomic E-state index is 4.15. The van der Waals surface area contributed by atoms with Gasteiger partial charge in [-0.1, -0.05) is 35.2 Å². The summed E-state index contributed by atoms with van der Waals surface area (Å²) >= 11 is 1.40. The molecule has 1 atom stereocenters. The summed E-state index contributed by atoms with van der Waals surface area (Å²) in [6, 6.07) is 9.12. The van der Waals surface area contributed by atoms with E-state index in [1.807, 2.05) is 12.4 Å². The van der Waals surface area contributed by atoms with Gasteiger partial charge in [-0.3, -0.25) is 0 Å². The number of hydrogen-bond acceptors (Lipinski definition) is 4. The minimum absolute atomic E-state index is 0.152. The standard InChI is InChI=1S/C14H17N3S/c1-15-14(13-9-18-17-16-13)12-7-5-11(6-8-12)10-3-2-4-10/h5-10,14-15H,2-4H2,1H3. The molecule has 1 aliphatic carbocycles. The van der Waals surface area contributed by atoms with Crippen LogP contribution in [0.5, 0.6) is 0 Å². The van der Waals surface area contributed by atoms with Crippen molar-refractivity contribution in [1.29, 1.82) is 0 Å². The number of nitrogens with zero attached hydrogens (tertiary/aromatic N) is 2. The van der Waals surface area contributed by atoms with E-state index in [4.69, 9.17) is 0 Å². The summed E-state index contributed by atoms with van der Waals surface area (Å²) in [5.41, 5.74) is 3.74. The van der Waals surface area contributed by atoms with Gasteiger partial charge in [0.25, 0.3) is 0 Å². The van der Waals surface area contributed by atoms with Crippen LogP contribution in [-0.2, 0) is 0 Å². The van der Waals surface area contributed by atoms with E-state index in [9.17, 15) is 0 Å². The Kier molecular flexibility index (Phi) is 3.39. The van der Waals surface area contributed by atoms with Crippen LogP contribution in [0, 0.1) is 0 Å². The van der Waals surface area contributed by atoms with Crippen LogP contribution >= 0.6 is 11.5 Å². The fourth-order valence-corrected chi connectivity index (χ4v) is 2.96. The van der Waals surface area contributed by atoms with Crippen molar-refractivity contribution in [3.05, 3.63) is 46.5 Å². The Morgan fingerprint density at radius 1 is 1.28 bits per heavy atom. The predicted octanol–water partition coefficient (Wildman–Crippen LogP) is 3.11. The van der Waals surface area contributed by atoms with Gasteiger partial charge in [-0.15, -0.1) is 5.10 Å². The van der Waals surface area contributed by atoms with Gasteiger partial charge in [0, 0.05) is 5.38 Å². The van der Waals surface area contributed by atoms with Crippen LogP contribution in [0.2, 0.25) is 0 Å². The fraction of sp³-hybridized carbons (Fsp3) is 0.429. The Hall–Kier alpha value is -1.26. The second kappa shape index (κ2) is 5.16. The molecule has 3 rings (SSSR count). The van der Waals surface area contributed by atoms with Gasteiger partial charge in [0.2, 0.25) is 0 Å². The van der Waals surface area contributed by atoms with E-state index >= 15 is 0 Å². The van der Waals surface area contributed by atoms with Gasteiger partial charge in [0.15, 0.2) is 0 Å². The molecule has 2 aromatic rings. The minimum Gasteiger partial charge on any atom is -0.308 e. The Bertz CT molecular complexity index is 488. The highest BCUT2D eigenvalue weighted by atomic mass is 32.1.